The van der Waals surface area contributed by atoms with Gasteiger partial charge in [-0.15, -0.1) is 0 Å². The average molecular weight is 394 g/mol. The Morgan fingerprint density at radius 2 is 2.14 bits per heavy atom. The Bertz CT molecular complexity index is 929. The Morgan fingerprint density at radius 1 is 1.39 bits per heavy atom. The van der Waals surface area contributed by atoms with Gasteiger partial charge in [0.25, 0.3) is 0 Å². The highest BCUT2D eigenvalue weighted by Gasteiger charge is 2.77. The van der Waals surface area contributed by atoms with Crippen molar-refractivity contribution in [1.29, 1.82) is 5.26 Å². The number of amides is 1. The highest BCUT2D eigenvalue weighted by molar-refractivity contribution is 6.00. The number of nitriles is 1. The number of aliphatic hydroxyl groups excluding tert-OH is 1. The normalized spacial score (nSPS) is 41.3. The smallest absolute Gasteiger partial charge is 0.390 e. The quantitative estimate of drug-likeness (QED) is 0.790. The van der Waals surface area contributed by atoms with E-state index in [0.29, 0.717) is 12.8 Å². The molecule has 4 aliphatic heterocycles. The molecule has 4 saturated heterocycles. The Labute approximate surface area is 158 Å². The molecule has 4 fully saturated rings. The number of aliphatic hydroxyl groups is 1. The lowest BCUT2D eigenvalue weighted by atomic mass is 9.65. The Kier molecular flexibility index (Phi) is 3.36. The van der Waals surface area contributed by atoms with Gasteiger partial charge in [-0.3, -0.25) is 9.69 Å². The maximum absolute atomic E-state index is 13.4. The van der Waals surface area contributed by atoms with Crippen LogP contribution in [0.3, 0.4) is 0 Å². The first-order chi connectivity index (χ1) is 13.1. The third-order valence-electron chi connectivity index (χ3n) is 6.79. The minimum absolute atomic E-state index is 0.0327. The average Bonchev–Trinajstić information content (AvgIpc) is 3.17. The second kappa shape index (κ2) is 5.26. The van der Waals surface area contributed by atoms with Crippen molar-refractivity contribution in [3.8, 4) is 6.07 Å². The van der Waals surface area contributed by atoms with Gasteiger partial charge in [-0.25, -0.2) is 0 Å². The van der Waals surface area contributed by atoms with E-state index < -0.39 is 52.7 Å². The largest absolute Gasteiger partial charge is 0.417 e. The number of carbonyl (C=O) groups excluding carboxylic acids is 1. The van der Waals surface area contributed by atoms with E-state index in [1.54, 1.807) is 13.0 Å². The fraction of sp³-hybridized carbons (Fsp3) is 0.579. The van der Waals surface area contributed by atoms with Crippen LogP contribution in [-0.2, 0) is 20.4 Å². The number of ether oxygens (including phenoxy) is 2. The lowest BCUT2D eigenvalue weighted by Crippen LogP contribution is -2.53. The van der Waals surface area contributed by atoms with Crippen LogP contribution in [0.25, 0.3) is 0 Å². The van der Waals surface area contributed by atoms with Gasteiger partial charge in [0.1, 0.15) is 11.8 Å². The highest BCUT2D eigenvalue weighted by atomic mass is 19.4. The fourth-order valence-electron chi connectivity index (χ4n) is 5.61. The predicted octanol–water partition coefficient (Wildman–Crippen LogP) is 2.19. The van der Waals surface area contributed by atoms with Crippen LogP contribution in [0.5, 0.6) is 0 Å². The summed E-state index contributed by atoms with van der Waals surface area (Å²) >= 11 is 0. The highest BCUT2D eigenvalue weighted by Crippen LogP contribution is 2.65. The summed E-state index contributed by atoms with van der Waals surface area (Å²) in [5.74, 6) is -1.46. The maximum Gasteiger partial charge on any atom is 0.417 e. The lowest BCUT2D eigenvalue weighted by molar-refractivity contribution is -0.143. The molecule has 1 aromatic rings. The first-order valence-electron chi connectivity index (χ1n) is 9.07. The number of halogens is 3. The van der Waals surface area contributed by atoms with Crippen molar-refractivity contribution in [2.45, 2.75) is 49.5 Å². The summed E-state index contributed by atoms with van der Waals surface area (Å²) in [5, 5.41) is 19.5. The monoisotopic (exact) mass is 394 g/mol. The van der Waals surface area contributed by atoms with Crippen LogP contribution in [0.4, 0.5) is 18.9 Å². The van der Waals surface area contributed by atoms with E-state index in [2.05, 4.69) is 0 Å². The lowest BCUT2D eigenvalue weighted by Gasteiger charge is -2.42. The SMILES string of the molecule is C[C@@]12O[C@@]3(CCO[C@H]4[C@@H]3[C@@H]1C(=O)N4c1ccc(C#N)c(C(F)(F)F)c1)C[C@@H]2O. The number of nitrogens with zero attached hydrogens (tertiary/aromatic N) is 2. The topological polar surface area (TPSA) is 82.8 Å². The molecule has 4 aliphatic rings. The zero-order chi connectivity index (χ0) is 20.1. The second-order valence-corrected chi connectivity index (χ2v) is 8.13. The van der Waals surface area contributed by atoms with Crippen LogP contribution in [0.1, 0.15) is 30.9 Å². The van der Waals surface area contributed by atoms with Gasteiger partial charge in [-0.2, -0.15) is 18.4 Å². The molecule has 9 heteroatoms. The molecular formula is C19H17F3N2O4. The molecule has 0 aliphatic carbocycles. The number of benzene rings is 1. The summed E-state index contributed by atoms with van der Waals surface area (Å²) in [6, 6.07) is 4.77. The second-order valence-electron chi connectivity index (χ2n) is 8.13. The molecule has 1 amide bonds. The first kappa shape index (κ1) is 17.9. The number of carbonyl (C=O) groups is 1. The third-order valence-corrected chi connectivity index (χ3v) is 6.79. The van der Waals surface area contributed by atoms with Gasteiger partial charge in [-0.1, -0.05) is 0 Å². The molecule has 5 rings (SSSR count). The van der Waals surface area contributed by atoms with E-state index in [1.165, 1.54) is 11.0 Å². The van der Waals surface area contributed by atoms with Crippen LogP contribution in [-0.4, -0.2) is 41.2 Å². The van der Waals surface area contributed by atoms with Gasteiger partial charge in [0.15, 0.2) is 0 Å². The zero-order valence-corrected chi connectivity index (χ0v) is 14.9. The molecule has 28 heavy (non-hydrogen) atoms. The Hall–Kier alpha value is -2.15. The molecule has 6 nitrogen and oxygen atoms in total. The minimum atomic E-state index is -4.72. The van der Waals surface area contributed by atoms with Crippen LogP contribution < -0.4 is 4.90 Å². The van der Waals surface area contributed by atoms with Crippen LogP contribution >= 0.6 is 0 Å². The summed E-state index contributed by atoms with van der Waals surface area (Å²) in [4.78, 5) is 14.5. The number of hydrogen-bond acceptors (Lipinski definition) is 5. The van der Waals surface area contributed by atoms with Gasteiger partial charge < -0.3 is 14.6 Å². The van der Waals surface area contributed by atoms with Crippen molar-refractivity contribution in [3.05, 3.63) is 29.3 Å². The summed E-state index contributed by atoms with van der Waals surface area (Å²) in [6.07, 6.45) is -5.39. The molecule has 2 bridgehead atoms. The molecule has 0 unspecified atom stereocenters. The molecule has 0 radical (unpaired) electrons. The summed E-state index contributed by atoms with van der Waals surface area (Å²) in [5.41, 5.74) is -3.35. The van der Waals surface area contributed by atoms with Crippen molar-refractivity contribution in [2.24, 2.45) is 11.8 Å². The Balaban J connectivity index is 1.62. The fourth-order valence-corrected chi connectivity index (χ4v) is 5.61. The van der Waals surface area contributed by atoms with Crippen molar-refractivity contribution >= 4 is 11.6 Å². The van der Waals surface area contributed by atoms with Crippen molar-refractivity contribution in [2.75, 3.05) is 11.5 Å². The molecule has 0 aromatic heterocycles. The van der Waals surface area contributed by atoms with Crippen molar-refractivity contribution < 1.29 is 32.5 Å². The number of fused-ring (bicyclic) bond motifs is 2. The molecule has 4 heterocycles. The van der Waals surface area contributed by atoms with E-state index in [9.17, 15) is 23.1 Å². The number of anilines is 1. The third kappa shape index (κ3) is 2.00. The van der Waals surface area contributed by atoms with Gasteiger partial charge >= 0.3 is 6.18 Å². The van der Waals surface area contributed by atoms with Crippen LogP contribution in [0, 0.1) is 23.2 Å². The van der Waals surface area contributed by atoms with Gasteiger partial charge in [-0.05, 0) is 25.1 Å². The van der Waals surface area contributed by atoms with Gasteiger partial charge in [0.2, 0.25) is 5.91 Å². The summed E-state index contributed by atoms with van der Waals surface area (Å²) < 4.78 is 52.2. The van der Waals surface area contributed by atoms with E-state index >= 15 is 0 Å². The van der Waals surface area contributed by atoms with Crippen molar-refractivity contribution in [3.63, 3.8) is 0 Å². The molecule has 0 saturated carbocycles. The minimum Gasteiger partial charge on any atom is -0.390 e. The first-order valence-corrected chi connectivity index (χ1v) is 9.07. The van der Waals surface area contributed by atoms with Crippen LogP contribution in [0.2, 0.25) is 0 Å². The van der Waals surface area contributed by atoms with E-state index in [1.807, 2.05) is 0 Å². The number of alkyl halides is 3. The van der Waals surface area contributed by atoms with Gasteiger partial charge in [0, 0.05) is 24.4 Å². The molecular weight excluding hydrogens is 377 g/mol. The van der Waals surface area contributed by atoms with E-state index in [-0.39, 0.29) is 18.2 Å². The zero-order valence-electron chi connectivity index (χ0n) is 14.9. The molecule has 6 atom stereocenters. The number of hydrogen-bond donors (Lipinski definition) is 1. The predicted molar refractivity (Wildman–Crippen MR) is 87.8 cm³/mol. The molecule has 148 valence electrons. The maximum atomic E-state index is 13.4. The molecule has 1 spiro atoms. The van der Waals surface area contributed by atoms with Gasteiger partial charge in [0.05, 0.1) is 41.4 Å². The molecule has 1 N–H and O–H groups in total. The summed E-state index contributed by atoms with van der Waals surface area (Å²) in [6.45, 7) is 1.97. The standard InChI is InChI=1S/C19H17F3N2O4/c1-17-12(25)7-18(28-17)4-5-27-16-14(18)13(17)15(26)24(16)10-3-2-9(8-23)11(6-10)19(20,21)22/h2-3,6,12-14,16,25H,4-5,7H2,1H3/t12-,13+,14-,16-,17-,18-/m0/s1. The van der Waals surface area contributed by atoms with E-state index in [0.717, 1.165) is 12.1 Å². The van der Waals surface area contributed by atoms with Crippen molar-refractivity contribution in [1.82, 2.24) is 0 Å². The van der Waals surface area contributed by atoms with E-state index in [4.69, 9.17) is 14.7 Å². The number of rotatable bonds is 1. The van der Waals surface area contributed by atoms with Crippen LogP contribution in [0.15, 0.2) is 18.2 Å². The Morgan fingerprint density at radius 3 is 2.82 bits per heavy atom. The molecule has 1 aromatic carbocycles. The summed E-state index contributed by atoms with van der Waals surface area (Å²) in [7, 11) is 0.